The monoisotopic (exact) mass is 203 g/mol. The molecule has 0 aromatic carbocycles. The SMILES string of the molecule is CCc1c[nH]c(C=CC=CC=O)c1CC. The van der Waals surface area contributed by atoms with E-state index in [1.165, 1.54) is 17.2 Å². The highest BCUT2D eigenvalue weighted by molar-refractivity contribution is 5.66. The van der Waals surface area contributed by atoms with E-state index in [1.54, 1.807) is 6.08 Å². The van der Waals surface area contributed by atoms with E-state index < -0.39 is 0 Å². The molecule has 2 nitrogen and oxygen atoms in total. The molecular weight excluding hydrogens is 186 g/mol. The van der Waals surface area contributed by atoms with Gasteiger partial charge in [0.2, 0.25) is 0 Å². The van der Waals surface area contributed by atoms with Crippen LogP contribution in [0.3, 0.4) is 0 Å². The van der Waals surface area contributed by atoms with Gasteiger partial charge in [-0.25, -0.2) is 0 Å². The number of aromatic amines is 1. The number of H-pyrrole nitrogens is 1. The molecule has 0 aliphatic heterocycles. The highest BCUT2D eigenvalue weighted by Crippen LogP contribution is 2.16. The Balaban J connectivity index is 2.85. The molecule has 80 valence electrons. The van der Waals surface area contributed by atoms with Crippen molar-refractivity contribution in [2.24, 2.45) is 0 Å². The van der Waals surface area contributed by atoms with Crippen LogP contribution in [0.1, 0.15) is 30.7 Å². The van der Waals surface area contributed by atoms with Crippen LogP contribution >= 0.6 is 0 Å². The molecule has 0 aliphatic carbocycles. The Bertz CT molecular complexity index is 372. The molecule has 15 heavy (non-hydrogen) atoms. The van der Waals surface area contributed by atoms with E-state index in [0.29, 0.717) is 0 Å². The van der Waals surface area contributed by atoms with Crippen molar-refractivity contribution in [1.82, 2.24) is 4.98 Å². The van der Waals surface area contributed by atoms with Gasteiger partial charge in [-0.2, -0.15) is 0 Å². The summed E-state index contributed by atoms with van der Waals surface area (Å²) in [5.41, 5.74) is 3.88. The van der Waals surface area contributed by atoms with Crippen LogP contribution in [-0.4, -0.2) is 11.3 Å². The molecule has 0 bridgehead atoms. The first-order valence-electron chi connectivity index (χ1n) is 5.31. The summed E-state index contributed by atoms with van der Waals surface area (Å²) in [6.45, 7) is 4.31. The van der Waals surface area contributed by atoms with E-state index in [9.17, 15) is 4.79 Å². The molecule has 0 spiro atoms. The average Bonchev–Trinajstić information content (AvgIpc) is 2.66. The fraction of sp³-hybridized carbons (Fsp3) is 0.308. The second-order valence-electron chi connectivity index (χ2n) is 3.29. The number of nitrogens with one attached hydrogen (secondary N) is 1. The molecule has 1 rings (SSSR count). The van der Waals surface area contributed by atoms with Gasteiger partial charge in [0.15, 0.2) is 0 Å². The largest absolute Gasteiger partial charge is 0.361 e. The smallest absolute Gasteiger partial charge is 0.142 e. The Morgan fingerprint density at radius 2 is 2.00 bits per heavy atom. The fourth-order valence-corrected chi connectivity index (χ4v) is 1.66. The van der Waals surface area contributed by atoms with Gasteiger partial charge in [-0.3, -0.25) is 4.79 Å². The van der Waals surface area contributed by atoms with Crippen molar-refractivity contribution in [2.45, 2.75) is 26.7 Å². The van der Waals surface area contributed by atoms with Gasteiger partial charge in [-0.1, -0.05) is 26.0 Å². The molecule has 0 aliphatic rings. The number of carbonyl (C=O) groups excluding carboxylic acids is 1. The molecule has 1 N–H and O–H groups in total. The van der Waals surface area contributed by atoms with Crippen molar-refractivity contribution in [3.8, 4) is 0 Å². The molecule has 1 aromatic heterocycles. The van der Waals surface area contributed by atoms with Gasteiger partial charge < -0.3 is 4.98 Å². The van der Waals surface area contributed by atoms with Crippen LogP contribution in [0, 0.1) is 0 Å². The van der Waals surface area contributed by atoms with E-state index >= 15 is 0 Å². The normalized spacial score (nSPS) is 11.6. The average molecular weight is 203 g/mol. The van der Waals surface area contributed by atoms with Crippen molar-refractivity contribution in [3.05, 3.63) is 41.2 Å². The number of hydrogen-bond donors (Lipinski definition) is 1. The van der Waals surface area contributed by atoms with Crippen molar-refractivity contribution in [3.63, 3.8) is 0 Å². The van der Waals surface area contributed by atoms with E-state index in [4.69, 9.17) is 0 Å². The summed E-state index contributed by atoms with van der Waals surface area (Å²) in [7, 11) is 0. The quantitative estimate of drug-likeness (QED) is 0.445. The van der Waals surface area contributed by atoms with E-state index in [-0.39, 0.29) is 0 Å². The van der Waals surface area contributed by atoms with Crippen LogP contribution in [0.25, 0.3) is 6.08 Å². The summed E-state index contributed by atoms with van der Waals surface area (Å²) < 4.78 is 0. The summed E-state index contributed by atoms with van der Waals surface area (Å²) in [4.78, 5) is 13.3. The number of hydrogen-bond acceptors (Lipinski definition) is 1. The molecular formula is C13H17NO. The molecule has 0 atom stereocenters. The Hall–Kier alpha value is -1.57. The van der Waals surface area contributed by atoms with Gasteiger partial charge in [0.25, 0.3) is 0 Å². The second kappa shape index (κ2) is 6.02. The second-order valence-corrected chi connectivity index (χ2v) is 3.29. The number of aromatic nitrogens is 1. The van der Waals surface area contributed by atoms with Crippen LogP contribution in [0.2, 0.25) is 0 Å². The van der Waals surface area contributed by atoms with Crippen LogP contribution in [0.5, 0.6) is 0 Å². The third kappa shape index (κ3) is 2.94. The van der Waals surface area contributed by atoms with Crippen molar-refractivity contribution < 1.29 is 4.79 Å². The maximum absolute atomic E-state index is 10.1. The zero-order chi connectivity index (χ0) is 11.1. The Labute approximate surface area is 90.7 Å². The van der Waals surface area contributed by atoms with Crippen LogP contribution in [-0.2, 0) is 17.6 Å². The molecule has 0 saturated carbocycles. The summed E-state index contributed by atoms with van der Waals surface area (Å²) in [5.74, 6) is 0. The minimum Gasteiger partial charge on any atom is -0.361 e. The fourth-order valence-electron chi connectivity index (χ4n) is 1.66. The van der Waals surface area contributed by atoms with Crippen molar-refractivity contribution in [2.75, 3.05) is 0 Å². The predicted octanol–water partition coefficient (Wildman–Crippen LogP) is 2.91. The zero-order valence-electron chi connectivity index (χ0n) is 9.29. The lowest BCUT2D eigenvalue weighted by Crippen LogP contribution is -1.86. The molecule has 0 fully saturated rings. The lowest BCUT2D eigenvalue weighted by atomic mass is 10.1. The van der Waals surface area contributed by atoms with Crippen LogP contribution in [0.15, 0.2) is 24.4 Å². The minimum atomic E-state index is 0.775. The third-order valence-corrected chi connectivity index (χ3v) is 2.41. The summed E-state index contributed by atoms with van der Waals surface area (Å²) in [6.07, 6.45) is 12.0. The lowest BCUT2D eigenvalue weighted by molar-refractivity contribution is -0.104. The van der Waals surface area contributed by atoms with Crippen LogP contribution in [0.4, 0.5) is 0 Å². The molecule has 1 aromatic rings. The van der Waals surface area contributed by atoms with Crippen molar-refractivity contribution in [1.29, 1.82) is 0 Å². The number of aldehydes is 1. The molecule has 0 radical (unpaired) electrons. The molecule has 1 heterocycles. The van der Waals surface area contributed by atoms with Gasteiger partial charge in [0.05, 0.1) is 0 Å². The highest BCUT2D eigenvalue weighted by Gasteiger charge is 2.04. The maximum atomic E-state index is 10.1. The first-order chi connectivity index (χ1) is 7.33. The minimum absolute atomic E-state index is 0.775. The molecule has 0 saturated heterocycles. The molecule has 0 unspecified atom stereocenters. The lowest BCUT2D eigenvalue weighted by Gasteiger charge is -1.98. The van der Waals surface area contributed by atoms with Crippen molar-refractivity contribution >= 4 is 12.4 Å². The maximum Gasteiger partial charge on any atom is 0.142 e. The van der Waals surface area contributed by atoms with Gasteiger partial charge in [0.1, 0.15) is 6.29 Å². The Morgan fingerprint density at radius 3 is 2.60 bits per heavy atom. The summed E-state index contributed by atoms with van der Waals surface area (Å²) >= 11 is 0. The number of allylic oxidation sites excluding steroid dienone is 3. The van der Waals surface area contributed by atoms with Gasteiger partial charge in [-0.05, 0) is 36.1 Å². The Kier molecular flexibility index (Phi) is 4.61. The topological polar surface area (TPSA) is 32.9 Å². The summed E-state index contributed by atoms with van der Waals surface area (Å²) in [6, 6.07) is 0. The number of carbonyl (C=O) groups is 1. The molecule has 2 heteroatoms. The molecule has 0 amide bonds. The predicted molar refractivity (Wildman–Crippen MR) is 63.8 cm³/mol. The number of rotatable bonds is 5. The zero-order valence-corrected chi connectivity index (χ0v) is 9.29. The van der Waals surface area contributed by atoms with E-state index in [1.807, 2.05) is 12.2 Å². The van der Waals surface area contributed by atoms with Gasteiger partial charge in [-0.15, -0.1) is 0 Å². The summed E-state index contributed by atoms with van der Waals surface area (Å²) in [5, 5.41) is 0. The third-order valence-electron chi connectivity index (χ3n) is 2.41. The van der Waals surface area contributed by atoms with Crippen LogP contribution < -0.4 is 0 Å². The highest BCUT2D eigenvalue weighted by atomic mass is 16.1. The van der Waals surface area contributed by atoms with Gasteiger partial charge >= 0.3 is 0 Å². The van der Waals surface area contributed by atoms with E-state index in [0.717, 1.165) is 24.8 Å². The first kappa shape index (κ1) is 11.5. The van der Waals surface area contributed by atoms with Gasteiger partial charge in [0, 0.05) is 11.9 Å². The number of aryl methyl sites for hydroxylation is 1. The Morgan fingerprint density at radius 1 is 1.20 bits per heavy atom. The van der Waals surface area contributed by atoms with E-state index in [2.05, 4.69) is 25.0 Å². The first-order valence-corrected chi connectivity index (χ1v) is 5.31. The standard InChI is InChI=1S/C13H17NO/c1-3-11-10-14-13(12(11)4-2)8-6-5-7-9-15/h5-10,14H,3-4H2,1-2H3.